The van der Waals surface area contributed by atoms with Crippen molar-refractivity contribution in [2.24, 2.45) is 0 Å². The number of benzene rings is 2. The highest BCUT2D eigenvalue weighted by Gasteiger charge is 2.16. The average molecular weight is 267 g/mol. The van der Waals surface area contributed by atoms with Crippen LogP contribution in [0.3, 0.4) is 0 Å². The van der Waals surface area contributed by atoms with E-state index in [4.69, 9.17) is 0 Å². The van der Waals surface area contributed by atoms with Crippen molar-refractivity contribution in [1.29, 1.82) is 0 Å². The maximum absolute atomic E-state index is 2.32. The highest BCUT2D eigenvalue weighted by molar-refractivity contribution is 5.73. The number of hydrogen-bond acceptors (Lipinski definition) is 1. The zero-order chi connectivity index (χ0) is 15.0. The first-order chi connectivity index (χ1) is 9.34. The molecule has 0 aliphatic carbocycles. The normalized spacial score (nSPS) is 10.8. The second-order valence-corrected chi connectivity index (χ2v) is 5.87. The number of aryl methyl sites for hydroxylation is 1. The summed E-state index contributed by atoms with van der Waals surface area (Å²) < 4.78 is 0. The molecule has 0 heterocycles. The van der Waals surface area contributed by atoms with E-state index < -0.39 is 0 Å². The summed E-state index contributed by atoms with van der Waals surface area (Å²) in [5, 5.41) is 0. The van der Waals surface area contributed by atoms with Crippen LogP contribution in [0.1, 0.15) is 33.4 Å². The Labute approximate surface area is 123 Å². The minimum atomic E-state index is 1.25. The molecule has 0 saturated carbocycles. The fourth-order valence-corrected chi connectivity index (χ4v) is 2.95. The molecule has 1 heteroatoms. The summed E-state index contributed by atoms with van der Waals surface area (Å²) >= 11 is 0. The van der Waals surface area contributed by atoms with Crippen LogP contribution in [-0.4, -0.2) is 7.05 Å². The molecule has 0 spiro atoms. The highest BCUT2D eigenvalue weighted by Crippen LogP contribution is 2.36. The van der Waals surface area contributed by atoms with Crippen LogP contribution in [0.25, 0.3) is 0 Å². The lowest BCUT2D eigenvalue weighted by atomic mass is 9.92. The van der Waals surface area contributed by atoms with Crippen LogP contribution >= 0.6 is 0 Å². The smallest absolute Gasteiger partial charge is 0.0473 e. The van der Waals surface area contributed by atoms with Crippen molar-refractivity contribution in [2.75, 3.05) is 11.9 Å². The van der Waals surface area contributed by atoms with Crippen LogP contribution in [-0.2, 0) is 0 Å². The second kappa shape index (κ2) is 5.32. The Balaban J connectivity index is 2.64. The summed E-state index contributed by atoms with van der Waals surface area (Å²) in [5.74, 6) is 0. The van der Waals surface area contributed by atoms with Gasteiger partial charge in [0.2, 0.25) is 0 Å². The Morgan fingerprint density at radius 1 is 0.700 bits per heavy atom. The molecule has 20 heavy (non-hydrogen) atoms. The third kappa shape index (κ3) is 2.33. The van der Waals surface area contributed by atoms with Gasteiger partial charge in [-0.15, -0.1) is 0 Å². The Hall–Kier alpha value is -1.76. The number of nitrogens with zero attached hydrogens (tertiary/aromatic N) is 1. The third-order valence-electron chi connectivity index (χ3n) is 4.68. The molecule has 0 saturated heterocycles. The summed E-state index contributed by atoms with van der Waals surface area (Å²) in [7, 11) is 2.16. The summed E-state index contributed by atoms with van der Waals surface area (Å²) in [6.45, 7) is 13.3. The molecule has 0 aliphatic heterocycles. The van der Waals surface area contributed by atoms with E-state index in [1.165, 1.54) is 44.8 Å². The Kier molecular flexibility index (Phi) is 3.89. The summed E-state index contributed by atoms with van der Waals surface area (Å²) in [6.07, 6.45) is 0. The van der Waals surface area contributed by atoms with Crippen molar-refractivity contribution in [2.45, 2.75) is 41.5 Å². The van der Waals surface area contributed by atoms with Gasteiger partial charge in [0.05, 0.1) is 0 Å². The molecule has 0 bridgehead atoms. The van der Waals surface area contributed by atoms with Gasteiger partial charge in [-0.05, 0) is 87.1 Å². The predicted octanol–water partition coefficient (Wildman–Crippen LogP) is 5.31. The van der Waals surface area contributed by atoms with E-state index in [1.54, 1.807) is 0 Å². The van der Waals surface area contributed by atoms with Crippen molar-refractivity contribution in [3.05, 3.63) is 57.6 Å². The Bertz CT molecular complexity index is 624. The fourth-order valence-electron chi connectivity index (χ4n) is 2.95. The molecule has 0 amide bonds. The SMILES string of the molecule is Cc1cccc(N(C)c2c(C)c(C)c(C)c(C)c2C)c1. The first-order valence-corrected chi connectivity index (χ1v) is 7.22. The molecule has 0 radical (unpaired) electrons. The lowest BCUT2D eigenvalue weighted by molar-refractivity contribution is 1.10. The van der Waals surface area contributed by atoms with Crippen molar-refractivity contribution >= 4 is 11.4 Å². The van der Waals surface area contributed by atoms with Gasteiger partial charge in [-0.25, -0.2) is 0 Å². The summed E-state index contributed by atoms with van der Waals surface area (Å²) in [5.41, 5.74) is 10.9. The first-order valence-electron chi connectivity index (χ1n) is 7.22. The van der Waals surface area contributed by atoms with Gasteiger partial charge in [0.25, 0.3) is 0 Å². The van der Waals surface area contributed by atoms with Crippen LogP contribution in [0.4, 0.5) is 11.4 Å². The van der Waals surface area contributed by atoms with Gasteiger partial charge in [-0.3, -0.25) is 0 Å². The zero-order valence-electron chi connectivity index (χ0n) is 13.8. The molecule has 0 aromatic heterocycles. The van der Waals surface area contributed by atoms with Crippen LogP contribution in [0.2, 0.25) is 0 Å². The Morgan fingerprint density at radius 3 is 1.70 bits per heavy atom. The monoisotopic (exact) mass is 267 g/mol. The summed E-state index contributed by atoms with van der Waals surface area (Å²) in [4.78, 5) is 2.32. The van der Waals surface area contributed by atoms with E-state index in [1.807, 2.05) is 0 Å². The molecule has 1 nitrogen and oxygen atoms in total. The second-order valence-electron chi connectivity index (χ2n) is 5.87. The summed E-state index contributed by atoms with van der Waals surface area (Å²) in [6, 6.07) is 8.68. The number of hydrogen-bond donors (Lipinski definition) is 0. The van der Waals surface area contributed by atoms with Gasteiger partial charge in [0, 0.05) is 18.4 Å². The molecule has 0 N–H and O–H groups in total. The van der Waals surface area contributed by atoms with Gasteiger partial charge in [0.15, 0.2) is 0 Å². The van der Waals surface area contributed by atoms with Gasteiger partial charge in [-0.2, -0.15) is 0 Å². The molecule has 0 unspecified atom stereocenters. The van der Waals surface area contributed by atoms with Crippen LogP contribution < -0.4 is 4.90 Å². The van der Waals surface area contributed by atoms with E-state index in [9.17, 15) is 0 Å². The first kappa shape index (κ1) is 14.6. The molecule has 2 aromatic carbocycles. The molecular weight excluding hydrogens is 242 g/mol. The average Bonchev–Trinajstić information content (AvgIpc) is 2.43. The van der Waals surface area contributed by atoms with Crippen LogP contribution in [0, 0.1) is 41.5 Å². The molecule has 2 rings (SSSR count). The number of rotatable bonds is 2. The fraction of sp³-hybridized carbons (Fsp3) is 0.368. The van der Waals surface area contributed by atoms with Crippen LogP contribution in [0.5, 0.6) is 0 Å². The molecule has 2 aromatic rings. The zero-order valence-corrected chi connectivity index (χ0v) is 13.8. The largest absolute Gasteiger partial charge is 0.344 e. The topological polar surface area (TPSA) is 3.24 Å². The predicted molar refractivity (Wildman–Crippen MR) is 89.4 cm³/mol. The standard InChI is InChI=1S/C19H25N/c1-12-9-8-10-18(11-12)20(7)19-16(5)14(3)13(2)15(4)17(19)6/h8-11H,1-7H3. The van der Waals surface area contributed by atoms with Gasteiger partial charge in [0.1, 0.15) is 0 Å². The van der Waals surface area contributed by atoms with E-state index in [2.05, 4.69) is 77.8 Å². The quantitative estimate of drug-likeness (QED) is 0.713. The molecule has 0 fully saturated rings. The molecule has 106 valence electrons. The van der Waals surface area contributed by atoms with E-state index in [0.717, 1.165) is 0 Å². The van der Waals surface area contributed by atoms with E-state index in [-0.39, 0.29) is 0 Å². The van der Waals surface area contributed by atoms with Crippen LogP contribution in [0.15, 0.2) is 24.3 Å². The lowest BCUT2D eigenvalue weighted by Crippen LogP contribution is -2.14. The Morgan fingerprint density at radius 2 is 1.20 bits per heavy atom. The third-order valence-corrected chi connectivity index (χ3v) is 4.68. The van der Waals surface area contributed by atoms with Crippen molar-refractivity contribution in [3.8, 4) is 0 Å². The van der Waals surface area contributed by atoms with Crippen molar-refractivity contribution in [1.82, 2.24) is 0 Å². The van der Waals surface area contributed by atoms with Crippen molar-refractivity contribution < 1.29 is 0 Å². The number of anilines is 2. The van der Waals surface area contributed by atoms with E-state index >= 15 is 0 Å². The van der Waals surface area contributed by atoms with Crippen molar-refractivity contribution in [3.63, 3.8) is 0 Å². The molecule has 0 aliphatic rings. The minimum absolute atomic E-state index is 1.25. The lowest BCUT2D eigenvalue weighted by Gasteiger charge is -2.27. The van der Waals surface area contributed by atoms with Gasteiger partial charge < -0.3 is 4.90 Å². The minimum Gasteiger partial charge on any atom is -0.344 e. The maximum atomic E-state index is 2.32. The molecule has 0 atom stereocenters. The maximum Gasteiger partial charge on any atom is 0.0473 e. The van der Waals surface area contributed by atoms with E-state index in [0.29, 0.717) is 0 Å². The van der Waals surface area contributed by atoms with Gasteiger partial charge in [-0.1, -0.05) is 12.1 Å². The molecular formula is C19H25N. The van der Waals surface area contributed by atoms with Gasteiger partial charge >= 0.3 is 0 Å². The highest BCUT2D eigenvalue weighted by atomic mass is 15.1.